The number of rotatable bonds is 3. The van der Waals surface area contributed by atoms with Gasteiger partial charge in [0.2, 0.25) is 5.91 Å². The molecule has 148 valence electrons. The van der Waals surface area contributed by atoms with Crippen molar-refractivity contribution in [2.75, 3.05) is 6.54 Å². The first-order valence-electron chi connectivity index (χ1n) is 9.47. The van der Waals surface area contributed by atoms with Crippen LogP contribution in [0.25, 0.3) is 16.6 Å². The van der Waals surface area contributed by atoms with Crippen LogP contribution in [0.4, 0.5) is 4.39 Å². The molecule has 2 heterocycles. The number of aromatic nitrogens is 1. The molecule has 0 bridgehead atoms. The summed E-state index contributed by atoms with van der Waals surface area (Å²) < 4.78 is 16.1. The van der Waals surface area contributed by atoms with Crippen molar-refractivity contribution in [3.8, 4) is 5.69 Å². The van der Waals surface area contributed by atoms with Crippen LogP contribution in [-0.4, -0.2) is 27.8 Å². The molecule has 1 aliphatic heterocycles. The molecule has 0 aliphatic carbocycles. The van der Waals surface area contributed by atoms with Gasteiger partial charge in [-0.15, -0.1) is 0 Å². The topological polar surface area (TPSA) is 68.3 Å². The lowest BCUT2D eigenvalue weighted by atomic mass is 9.97. The van der Waals surface area contributed by atoms with Crippen LogP contribution in [0.15, 0.2) is 43.0 Å². The van der Waals surface area contributed by atoms with E-state index in [9.17, 15) is 14.0 Å². The molecule has 4 rings (SSSR count). The third-order valence-corrected chi connectivity index (χ3v) is 5.81. The Labute approximate surface area is 168 Å². The van der Waals surface area contributed by atoms with Gasteiger partial charge in [-0.2, -0.15) is 0 Å². The first-order chi connectivity index (χ1) is 13.8. The second kappa shape index (κ2) is 6.88. The molecule has 0 atom stereocenters. The van der Waals surface area contributed by atoms with Crippen molar-refractivity contribution in [3.63, 3.8) is 0 Å². The highest BCUT2D eigenvalue weighted by atomic mass is 19.1. The number of nitrogens with zero attached hydrogens (tertiary/aromatic N) is 2. The number of carbonyl (C=O) groups excluding carboxylic acids is 2. The zero-order valence-corrected chi connectivity index (χ0v) is 16.5. The fourth-order valence-corrected chi connectivity index (χ4v) is 4.26. The highest BCUT2D eigenvalue weighted by molar-refractivity contribution is 6.07. The molecule has 2 N–H and O–H groups in total. The monoisotopic (exact) mass is 391 g/mol. The molecule has 6 heteroatoms. The Kier molecular flexibility index (Phi) is 4.49. The standard InChI is InChI=1S/C23H22FN3O2/c1-4-21(28)26-9-8-17-15(12-26)6-5-7-20(17)27-14(3)13(2)18-10-16(24)11-19(22(18)27)23(25)29/h4-7,10-11H,1,8-9,12H2,2-3H3,(H2,25,29). The van der Waals surface area contributed by atoms with E-state index in [0.717, 1.165) is 28.1 Å². The molecule has 29 heavy (non-hydrogen) atoms. The number of nitrogens with two attached hydrogens (primary N) is 1. The smallest absolute Gasteiger partial charge is 0.250 e. The Morgan fingerprint density at radius 2 is 2.00 bits per heavy atom. The molecule has 0 saturated heterocycles. The summed E-state index contributed by atoms with van der Waals surface area (Å²) in [4.78, 5) is 25.9. The van der Waals surface area contributed by atoms with Crippen LogP contribution in [0, 0.1) is 19.7 Å². The molecule has 2 amide bonds. The minimum absolute atomic E-state index is 0.0917. The van der Waals surface area contributed by atoms with E-state index in [2.05, 4.69) is 6.58 Å². The summed E-state index contributed by atoms with van der Waals surface area (Å²) in [5.74, 6) is -1.24. The third kappa shape index (κ3) is 2.92. The number of carbonyl (C=O) groups is 2. The molecular weight excluding hydrogens is 369 g/mol. The van der Waals surface area contributed by atoms with E-state index in [1.54, 1.807) is 4.90 Å². The molecule has 2 aromatic carbocycles. The van der Waals surface area contributed by atoms with Crippen molar-refractivity contribution in [2.45, 2.75) is 26.8 Å². The van der Waals surface area contributed by atoms with Crippen molar-refractivity contribution < 1.29 is 14.0 Å². The average molecular weight is 391 g/mol. The van der Waals surface area contributed by atoms with Crippen LogP contribution in [0.3, 0.4) is 0 Å². The van der Waals surface area contributed by atoms with Crippen LogP contribution >= 0.6 is 0 Å². The summed E-state index contributed by atoms with van der Waals surface area (Å²) in [5.41, 5.74) is 11.3. The van der Waals surface area contributed by atoms with Crippen LogP contribution in [0.5, 0.6) is 0 Å². The van der Waals surface area contributed by atoms with Crippen LogP contribution in [-0.2, 0) is 17.8 Å². The molecule has 0 saturated carbocycles. The molecule has 5 nitrogen and oxygen atoms in total. The van der Waals surface area contributed by atoms with E-state index < -0.39 is 11.7 Å². The van der Waals surface area contributed by atoms with Gasteiger partial charge in [0, 0.05) is 29.9 Å². The number of hydrogen-bond acceptors (Lipinski definition) is 2. The molecule has 0 spiro atoms. The second-order valence-electron chi connectivity index (χ2n) is 7.39. The normalized spacial score (nSPS) is 13.4. The summed E-state index contributed by atoms with van der Waals surface area (Å²) >= 11 is 0. The molecule has 1 aliphatic rings. The fourth-order valence-electron chi connectivity index (χ4n) is 4.26. The fraction of sp³-hybridized carbons (Fsp3) is 0.217. The van der Waals surface area contributed by atoms with Gasteiger partial charge in [0.05, 0.1) is 11.1 Å². The Bertz CT molecular complexity index is 1190. The minimum Gasteiger partial charge on any atom is -0.366 e. The highest BCUT2D eigenvalue weighted by Gasteiger charge is 2.25. The van der Waals surface area contributed by atoms with Crippen molar-refractivity contribution in [1.82, 2.24) is 9.47 Å². The number of aryl methyl sites for hydroxylation is 1. The quantitative estimate of drug-likeness (QED) is 0.694. The highest BCUT2D eigenvalue weighted by Crippen LogP contribution is 2.35. The number of hydrogen-bond donors (Lipinski definition) is 1. The van der Waals surface area contributed by atoms with Gasteiger partial charge in [0.15, 0.2) is 0 Å². The zero-order valence-electron chi connectivity index (χ0n) is 16.5. The Hall–Kier alpha value is -3.41. The Morgan fingerprint density at radius 3 is 2.69 bits per heavy atom. The molecular formula is C23H22FN3O2. The van der Waals surface area contributed by atoms with E-state index in [4.69, 9.17) is 5.73 Å². The van der Waals surface area contributed by atoms with Gasteiger partial charge < -0.3 is 15.2 Å². The van der Waals surface area contributed by atoms with E-state index in [-0.39, 0.29) is 11.5 Å². The van der Waals surface area contributed by atoms with E-state index >= 15 is 0 Å². The van der Waals surface area contributed by atoms with E-state index in [1.807, 2.05) is 36.6 Å². The van der Waals surface area contributed by atoms with Gasteiger partial charge in [0.1, 0.15) is 5.82 Å². The van der Waals surface area contributed by atoms with Crippen LogP contribution < -0.4 is 5.73 Å². The number of amides is 2. The predicted molar refractivity (Wildman–Crippen MR) is 111 cm³/mol. The number of halogens is 1. The summed E-state index contributed by atoms with van der Waals surface area (Å²) in [7, 11) is 0. The Balaban J connectivity index is 1.98. The summed E-state index contributed by atoms with van der Waals surface area (Å²) in [6, 6.07) is 8.57. The van der Waals surface area contributed by atoms with Crippen LogP contribution in [0.2, 0.25) is 0 Å². The first-order valence-corrected chi connectivity index (χ1v) is 9.47. The minimum atomic E-state index is -0.666. The maximum atomic E-state index is 14.1. The van der Waals surface area contributed by atoms with Gasteiger partial charge in [-0.25, -0.2) is 4.39 Å². The number of benzene rings is 2. The Morgan fingerprint density at radius 1 is 1.24 bits per heavy atom. The maximum Gasteiger partial charge on any atom is 0.250 e. The lowest BCUT2D eigenvalue weighted by Gasteiger charge is -2.30. The number of primary amides is 1. The van der Waals surface area contributed by atoms with Gasteiger partial charge in [0.25, 0.3) is 5.91 Å². The largest absolute Gasteiger partial charge is 0.366 e. The SMILES string of the molecule is C=CC(=O)N1CCc2c(cccc2-n2c(C)c(C)c3cc(F)cc(C(N)=O)c32)C1. The molecule has 0 fully saturated rings. The van der Waals surface area contributed by atoms with E-state index in [0.29, 0.717) is 30.4 Å². The summed E-state index contributed by atoms with van der Waals surface area (Å²) in [5, 5.41) is 0.674. The summed E-state index contributed by atoms with van der Waals surface area (Å²) in [6.07, 6.45) is 2.01. The third-order valence-electron chi connectivity index (χ3n) is 5.81. The van der Waals surface area contributed by atoms with Gasteiger partial charge in [-0.05, 0) is 61.2 Å². The van der Waals surface area contributed by atoms with Gasteiger partial charge in [-0.1, -0.05) is 18.7 Å². The lowest BCUT2D eigenvalue weighted by Crippen LogP contribution is -2.35. The van der Waals surface area contributed by atoms with Crippen molar-refractivity contribution in [3.05, 3.63) is 76.8 Å². The van der Waals surface area contributed by atoms with Crippen molar-refractivity contribution >= 4 is 22.7 Å². The predicted octanol–water partition coefficient (Wildman–Crippen LogP) is 3.56. The van der Waals surface area contributed by atoms with Gasteiger partial charge >= 0.3 is 0 Å². The lowest BCUT2D eigenvalue weighted by molar-refractivity contribution is -0.126. The van der Waals surface area contributed by atoms with Gasteiger partial charge in [-0.3, -0.25) is 9.59 Å². The zero-order chi connectivity index (χ0) is 20.9. The van der Waals surface area contributed by atoms with Crippen molar-refractivity contribution in [1.29, 1.82) is 0 Å². The van der Waals surface area contributed by atoms with E-state index in [1.165, 1.54) is 18.2 Å². The average Bonchev–Trinajstić information content (AvgIpc) is 2.96. The number of fused-ring (bicyclic) bond motifs is 2. The van der Waals surface area contributed by atoms with Crippen LogP contribution in [0.1, 0.15) is 32.7 Å². The molecule has 1 aromatic heterocycles. The first kappa shape index (κ1) is 18.9. The summed E-state index contributed by atoms with van der Waals surface area (Å²) in [6.45, 7) is 8.53. The molecule has 0 radical (unpaired) electrons. The molecule has 3 aromatic rings. The maximum absolute atomic E-state index is 14.1. The van der Waals surface area contributed by atoms with Crippen molar-refractivity contribution in [2.24, 2.45) is 5.73 Å². The second-order valence-corrected chi connectivity index (χ2v) is 7.39. The molecule has 0 unspecified atom stereocenters.